The lowest BCUT2D eigenvalue weighted by Crippen LogP contribution is -2.30. The number of aliphatic imine (C=N–C) groups is 1. The summed E-state index contributed by atoms with van der Waals surface area (Å²) < 4.78 is 0.308. The van der Waals surface area contributed by atoms with Gasteiger partial charge in [-0.1, -0.05) is 50.1 Å². The van der Waals surface area contributed by atoms with Gasteiger partial charge in [-0.15, -0.1) is 0 Å². The van der Waals surface area contributed by atoms with Crippen molar-refractivity contribution in [3.8, 4) is 0 Å². The Morgan fingerprint density at radius 2 is 1.75 bits per heavy atom. The van der Waals surface area contributed by atoms with Gasteiger partial charge in [0.15, 0.2) is 4.50 Å². The van der Waals surface area contributed by atoms with Gasteiger partial charge in [-0.25, -0.2) is 4.79 Å². The number of hydrogen-bond donors (Lipinski definition) is 0. The van der Waals surface area contributed by atoms with E-state index in [1.54, 1.807) is 4.90 Å². The minimum Gasteiger partial charge on any atom is -0.323 e. The van der Waals surface area contributed by atoms with Crippen LogP contribution in [-0.4, -0.2) is 34.8 Å². The summed E-state index contributed by atoms with van der Waals surface area (Å²) in [5.74, 6) is 0. The van der Waals surface area contributed by atoms with Crippen molar-refractivity contribution < 1.29 is 4.79 Å². The van der Waals surface area contributed by atoms with Crippen molar-refractivity contribution in [2.75, 3.05) is 19.3 Å². The molecular formula is C11H21ClN2OS. The average molecular weight is 265 g/mol. The van der Waals surface area contributed by atoms with Crippen LogP contribution in [0.1, 0.15) is 39.5 Å². The molecular weight excluding hydrogens is 244 g/mol. The van der Waals surface area contributed by atoms with Gasteiger partial charge in [-0.3, -0.25) is 0 Å². The number of thioether (sulfide) groups is 1. The molecule has 0 saturated heterocycles. The summed E-state index contributed by atoms with van der Waals surface area (Å²) in [6.45, 7) is 5.77. The molecule has 0 N–H and O–H groups in total. The molecule has 0 aliphatic rings. The van der Waals surface area contributed by atoms with Crippen molar-refractivity contribution in [1.82, 2.24) is 4.90 Å². The van der Waals surface area contributed by atoms with Crippen LogP contribution < -0.4 is 0 Å². The fourth-order valence-electron chi connectivity index (χ4n) is 1.19. The summed E-state index contributed by atoms with van der Waals surface area (Å²) >= 11 is 7.02. The molecule has 0 spiro atoms. The standard InChI is InChI=1S/C11H21ClN2OS/c1-4-6-8-14(9-7-5-2)11(15)13-10(12)16-3/h4-9H2,1-3H3. The summed E-state index contributed by atoms with van der Waals surface area (Å²) in [6.07, 6.45) is 6.00. The fraction of sp³-hybridized carbons (Fsp3) is 0.818. The van der Waals surface area contributed by atoms with E-state index in [2.05, 4.69) is 18.8 Å². The molecule has 0 bridgehead atoms. The third-order valence-corrected chi connectivity index (χ3v) is 3.16. The largest absolute Gasteiger partial charge is 0.345 e. The van der Waals surface area contributed by atoms with Gasteiger partial charge in [0.25, 0.3) is 0 Å². The molecule has 0 aromatic heterocycles. The van der Waals surface area contributed by atoms with E-state index in [-0.39, 0.29) is 6.03 Å². The van der Waals surface area contributed by atoms with Gasteiger partial charge < -0.3 is 4.90 Å². The molecule has 94 valence electrons. The zero-order valence-electron chi connectivity index (χ0n) is 10.3. The number of amides is 2. The third kappa shape index (κ3) is 7.12. The Kier molecular flexibility index (Phi) is 9.83. The summed E-state index contributed by atoms with van der Waals surface area (Å²) in [4.78, 5) is 17.4. The van der Waals surface area contributed by atoms with Crippen LogP contribution in [0, 0.1) is 0 Å². The van der Waals surface area contributed by atoms with E-state index in [4.69, 9.17) is 11.6 Å². The Labute approximate surface area is 108 Å². The number of hydrogen-bond acceptors (Lipinski definition) is 2. The molecule has 0 aromatic carbocycles. The van der Waals surface area contributed by atoms with Crippen LogP contribution in [0.4, 0.5) is 4.79 Å². The van der Waals surface area contributed by atoms with Crippen LogP contribution >= 0.6 is 23.4 Å². The lowest BCUT2D eigenvalue weighted by molar-refractivity contribution is 0.206. The molecule has 0 radical (unpaired) electrons. The molecule has 0 aliphatic carbocycles. The van der Waals surface area contributed by atoms with Crippen LogP contribution in [0.15, 0.2) is 4.99 Å². The summed E-state index contributed by atoms with van der Waals surface area (Å²) in [6, 6.07) is -0.207. The van der Waals surface area contributed by atoms with E-state index in [0.29, 0.717) is 4.50 Å². The van der Waals surface area contributed by atoms with Gasteiger partial charge in [0.2, 0.25) is 0 Å². The van der Waals surface area contributed by atoms with Crippen molar-refractivity contribution in [3.05, 3.63) is 0 Å². The monoisotopic (exact) mass is 264 g/mol. The Balaban J connectivity index is 4.30. The van der Waals surface area contributed by atoms with Gasteiger partial charge in [0.05, 0.1) is 0 Å². The van der Waals surface area contributed by atoms with Gasteiger partial charge in [-0.2, -0.15) is 4.99 Å². The van der Waals surface area contributed by atoms with Crippen molar-refractivity contribution >= 4 is 33.9 Å². The maximum absolute atomic E-state index is 11.8. The topological polar surface area (TPSA) is 32.7 Å². The molecule has 0 aliphatic heterocycles. The molecule has 2 amide bonds. The van der Waals surface area contributed by atoms with Crippen LogP contribution in [-0.2, 0) is 0 Å². The van der Waals surface area contributed by atoms with Crippen LogP contribution in [0.5, 0.6) is 0 Å². The number of rotatable bonds is 6. The number of urea groups is 1. The summed E-state index contributed by atoms with van der Waals surface area (Å²) in [5, 5.41) is 0. The average Bonchev–Trinajstić information content (AvgIpc) is 2.28. The minimum atomic E-state index is -0.207. The molecule has 0 unspecified atom stereocenters. The van der Waals surface area contributed by atoms with Crippen molar-refractivity contribution in [2.45, 2.75) is 39.5 Å². The number of nitrogens with zero attached hydrogens (tertiary/aromatic N) is 2. The smallest absolute Gasteiger partial charge is 0.323 e. The highest BCUT2D eigenvalue weighted by molar-refractivity contribution is 8.16. The van der Waals surface area contributed by atoms with E-state index in [9.17, 15) is 4.79 Å². The van der Waals surface area contributed by atoms with E-state index < -0.39 is 0 Å². The number of unbranched alkanes of at least 4 members (excludes halogenated alkanes) is 2. The maximum Gasteiger partial charge on any atom is 0.345 e. The van der Waals surface area contributed by atoms with Gasteiger partial charge in [0, 0.05) is 13.1 Å². The maximum atomic E-state index is 11.8. The first-order chi connectivity index (χ1) is 7.65. The lowest BCUT2D eigenvalue weighted by atomic mass is 10.3. The van der Waals surface area contributed by atoms with Gasteiger partial charge >= 0.3 is 6.03 Å². The van der Waals surface area contributed by atoms with E-state index in [1.165, 1.54) is 11.8 Å². The summed E-state index contributed by atoms with van der Waals surface area (Å²) in [7, 11) is 0. The van der Waals surface area contributed by atoms with E-state index >= 15 is 0 Å². The summed E-state index contributed by atoms with van der Waals surface area (Å²) in [5.41, 5.74) is 0. The quantitative estimate of drug-likeness (QED) is 0.537. The molecule has 0 rings (SSSR count). The van der Waals surface area contributed by atoms with Crippen LogP contribution in [0.3, 0.4) is 0 Å². The van der Waals surface area contributed by atoms with Crippen LogP contribution in [0.25, 0.3) is 0 Å². The minimum absolute atomic E-state index is 0.207. The lowest BCUT2D eigenvalue weighted by Gasteiger charge is -2.19. The first-order valence-corrected chi connectivity index (χ1v) is 7.33. The highest BCUT2D eigenvalue weighted by Crippen LogP contribution is 2.07. The Hall–Kier alpha value is -0.220. The zero-order valence-corrected chi connectivity index (χ0v) is 11.9. The molecule has 0 saturated carbocycles. The molecule has 0 atom stereocenters. The molecule has 0 aromatic rings. The molecule has 3 nitrogen and oxygen atoms in total. The predicted molar refractivity (Wildman–Crippen MR) is 73.6 cm³/mol. The second kappa shape index (κ2) is 9.97. The Bertz CT molecular complexity index is 226. The Morgan fingerprint density at radius 3 is 2.12 bits per heavy atom. The third-order valence-electron chi connectivity index (χ3n) is 2.19. The van der Waals surface area contributed by atoms with E-state index in [0.717, 1.165) is 38.8 Å². The fourth-order valence-corrected chi connectivity index (χ4v) is 1.43. The highest BCUT2D eigenvalue weighted by atomic mass is 35.5. The first-order valence-electron chi connectivity index (χ1n) is 5.72. The molecule has 0 heterocycles. The molecule has 16 heavy (non-hydrogen) atoms. The van der Waals surface area contributed by atoms with E-state index in [1.807, 2.05) is 6.26 Å². The number of halogens is 1. The zero-order chi connectivity index (χ0) is 12.4. The second-order valence-electron chi connectivity index (χ2n) is 3.55. The predicted octanol–water partition coefficient (Wildman–Crippen LogP) is 3.97. The van der Waals surface area contributed by atoms with Crippen molar-refractivity contribution in [3.63, 3.8) is 0 Å². The van der Waals surface area contributed by atoms with Crippen molar-refractivity contribution in [2.24, 2.45) is 4.99 Å². The van der Waals surface area contributed by atoms with Crippen LogP contribution in [0.2, 0.25) is 0 Å². The van der Waals surface area contributed by atoms with Crippen molar-refractivity contribution in [1.29, 1.82) is 0 Å². The van der Waals surface area contributed by atoms with Gasteiger partial charge in [0.1, 0.15) is 0 Å². The molecule has 5 heteroatoms. The number of carbonyl (C=O) groups is 1. The van der Waals surface area contributed by atoms with Gasteiger partial charge in [-0.05, 0) is 19.1 Å². The number of carbonyl (C=O) groups excluding carboxylic acids is 1. The second-order valence-corrected chi connectivity index (χ2v) is 4.92. The Morgan fingerprint density at radius 1 is 1.25 bits per heavy atom. The highest BCUT2D eigenvalue weighted by Gasteiger charge is 2.11. The SMILES string of the molecule is CCCCN(CCCC)C(=O)N=C(Cl)SC. The normalized spacial score (nSPS) is 11.6. The molecule has 0 fully saturated rings. The first kappa shape index (κ1) is 15.8.